The van der Waals surface area contributed by atoms with Crippen molar-refractivity contribution in [2.45, 2.75) is 61.8 Å². The van der Waals surface area contributed by atoms with E-state index in [2.05, 4.69) is 29.8 Å². The quantitative estimate of drug-likeness (QED) is 0.880. The number of hydrogen-bond acceptors (Lipinski definition) is 3. The summed E-state index contributed by atoms with van der Waals surface area (Å²) < 4.78 is 5.32. The third kappa shape index (κ3) is 3.75. The maximum atomic E-state index is 5.32. The van der Waals surface area contributed by atoms with Gasteiger partial charge in [0, 0.05) is 17.3 Å². The van der Waals surface area contributed by atoms with Crippen LogP contribution in [0.15, 0.2) is 24.3 Å². The minimum atomic E-state index is 0.722. The van der Waals surface area contributed by atoms with Crippen molar-refractivity contribution in [1.82, 2.24) is 5.32 Å². The van der Waals surface area contributed by atoms with E-state index in [0.29, 0.717) is 0 Å². The number of hydrogen-bond donors (Lipinski definition) is 1. The summed E-state index contributed by atoms with van der Waals surface area (Å²) >= 11 is 2.05. The summed E-state index contributed by atoms with van der Waals surface area (Å²) in [5.41, 5.74) is 1.44. The van der Waals surface area contributed by atoms with Gasteiger partial charge in [0.15, 0.2) is 0 Å². The number of nitrogens with one attached hydrogen (secondary N) is 1. The van der Waals surface area contributed by atoms with E-state index in [1.807, 2.05) is 17.8 Å². The third-order valence-electron chi connectivity index (χ3n) is 5.18. The number of ether oxygens (including phenoxy) is 1. The standard InChI is InChI=1S/C18H27NOS/c1-20-17-5-3-4-13(12-17)14-10-16(11-14)19-15-6-8-18(21-2)9-7-15/h3-5,12,14-16,18-19H,6-11H2,1-2H3. The minimum Gasteiger partial charge on any atom is -0.497 e. The fourth-order valence-corrected chi connectivity index (χ4v) is 4.46. The lowest BCUT2D eigenvalue weighted by molar-refractivity contribution is 0.239. The van der Waals surface area contributed by atoms with Crippen molar-refractivity contribution in [2.24, 2.45) is 0 Å². The highest BCUT2D eigenvalue weighted by molar-refractivity contribution is 7.99. The van der Waals surface area contributed by atoms with Gasteiger partial charge < -0.3 is 10.1 Å². The second-order valence-electron chi connectivity index (χ2n) is 6.52. The van der Waals surface area contributed by atoms with Gasteiger partial charge in [0.05, 0.1) is 7.11 Å². The van der Waals surface area contributed by atoms with Crippen molar-refractivity contribution >= 4 is 11.8 Å². The molecule has 0 spiro atoms. The first-order valence-electron chi connectivity index (χ1n) is 8.21. The van der Waals surface area contributed by atoms with Gasteiger partial charge in [-0.2, -0.15) is 11.8 Å². The molecule has 0 radical (unpaired) electrons. The highest BCUT2D eigenvalue weighted by atomic mass is 32.2. The van der Waals surface area contributed by atoms with Crippen LogP contribution in [0.2, 0.25) is 0 Å². The van der Waals surface area contributed by atoms with E-state index in [9.17, 15) is 0 Å². The van der Waals surface area contributed by atoms with Crippen molar-refractivity contribution in [3.05, 3.63) is 29.8 Å². The first-order chi connectivity index (χ1) is 10.3. The van der Waals surface area contributed by atoms with E-state index < -0.39 is 0 Å². The van der Waals surface area contributed by atoms with Crippen LogP contribution in [0.5, 0.6) is 5.75 Å². The molecule has 21 heavy (non-hydrogen) atoms. The maximum absolute atomic E-state index is 5.32. The molecule has 2 aliphatic carbocycles. The molecule has 0 aliphatic heterocycles. The molecule has 0 atom stereocenters. The van der Waals surface area contributed by atoms with Crippen LogP contribution >= 0.6 is 11.8 Å². The lowest BCUT2D eigenvalue weighted by atomic mass is 9.75. The molecular weight excluding hydrogens is 278 g/mol. The molecule has 1 aromatic carbocycles. The van der Waals surface area contributed by atoms with Crippen LogP contribution < -0.4 is 10.1 Å². The van der Waals surface area contributed by atoms with E-state index >= 15 is 0 Å². The van der Waals surface area contributed by atoms with Gasteiger partial charge in [0.1, 0.15) is 5.75 Å². The number of thioether (sulfide) groups is 1. The Morgan fingerprint density at radius 1 is 1.10 bits per heavy atom. The zero-order valence-electron chi connectivity index (χ0n) is 13.2. The summed E-state index contributed by atoms with van der Waals surface area (Å²) in [7, 11) is 1.75. The van der Waals surface area contributed by atoms with Crippen molar-refractivity contribution in [1.29, 1.82) is 0 Å². The van der Waals surface area contributed by atoms with Crippen LogP contribution in [0.4, 0.5) is 0 Å². The minimum absolute atomic E-state index is 0.722. The number of benzene rings is 1. The average molecular weight is 305 g/mol. The summed E-state index contributed by atoms with van der Waals surface area (Å²) in [5, 5.41) is 4.80. The fraction of sp³-hybridized carbons (Fsp3) is 0.667. The SMILES string of the molecule is COc1cccc(C2CC(NC3CCC(SC)CC3)C2)c1. The molecule has 2 fully saturated rings. The van der Waals surface area contributed by atoms with Crippen molar-refractivity contribution in [3.63, 3.8) is 0 Å². The Labute approximate surface area is 133 Å². The topological polar surface area (TPSA) is 21.3 Å². The molecule has 2 nitrogen and oxygen atoms in total. The summed E-state index contributed by atoms with van der Waals surface area (Å²) in [6, 6.07) is 10.1. The number of methoxy groups -OCH3 is 1. The Bertz CT molecular complexity index is 450. The molecule has 2 saturated carbocycles. The first-order valence-corrected chi connectivity index (χ1v) is 9.50. The molecule has 0 heterocycles. The van der Waals surface area contributed by atoms with E-state index in [1.54, 1.807) is 7.11 Å². The van der Waals surface area contributed by atoms with E-state index in [4.69, 9.17) is 4.74 Å². The highest BCUT2D eigenvalue weighted by Crippen LogP contribution is 2.39. The zero-order chi connectivity index (χ0) is 14.7. The van der Waals surface area contributed by atoms with Gasteiger partial charge in [-0.15, -0.1) is 0 Å². The normalized spacial score (nSPS) is 32.5. The van der Waals surface area contributed by atoms with Crippen molar-refractivity contribution in [2.75, 3.05) is 13.4 Å². The fourth-order valence-electron chi connectivity index (χ4n) is 3.72. The molecule has 116 valence electrons. The molecule has 1 aromatic rings. The predicted octanol–water partition coefficient (Wildman–Crippen LogP) is 4.21. The lowest BCUT2D eigenvalue weighted by Crippen LogP contribution is -2.46. The van der Waals surface area contributed by atoms with E-state index in [-0.39, 0.29) is 0 Å². The molecule has 2 aliphatic rings. The van der Waals surface area contributed by atoms with Crippen LogP contribution in [-0.4, -0.2) is 30.7 Å². The average Bonchev–Trinajstić information content (AvgIpc) is 2.51. The van der Waals surface area contributed by atoms with E-state index in [0.717, 1.165) is 29.0 Å². The van der Waals surface area contributed by atoms with Gasteiger partial charge in [-0.25, -0.2) is 0 Å². The Balaban J connectivity index is 1.43. The van der Waals surface area contributed by atoms with Gasteiger partial charge >= 0.3 is 0 Å². The van der Waals surface area contributed by atoms with Gasteiger partial charge in [-0.05, 0) is 68.4 Å². The van der Waals surface area contributed by atoms with Gasteiger partial charge in [0.25, 0.3) is 0 Å². The Morgan fingerprint density at radius 3 is 2.52 bits per heavy atom. The van der Waals surface area contributed by atoms with Gasteiger partial charge in [-0.1, -0.05) is 12.1 Å². The van der Waals surface area contributed by atoms with Crippen LogP contribution in [0.3, 0.4) is 0 Å². The predicted molar refractivity (Wildman–Crippen MR) is 91.5 cm³/mol. The molecular formula is C18H27NOS. The smallest absolute Gasteiger partial charge is 0.119 e. The van der Waals surface area contributed by atoms with Crippen molar-refractivity contribution in [3.8, 4) is 5.75 Å². The monoisotopic (exact) mass is 305 g/mol. The van der Waals surface area contributed by atoms with Crippen LogP contribution in [0.25, 0.3) is 0 Å². The summed E-state index contributed by atoms with van der Waals surface area (Å²) in [5.74, 6) is 1.71. The number of rotatable bonds is 5. The van der Waals surface area contributed by atoms with Gasteiger partial charge in [0.2, 0.25) is 0 Å². The molecule has 3 heteroatoms. The Morgan fingerprint density at radius 2 is 1.86 bits per heavy atom. The maximum Gasteiger partial charge on any atom is 0.119 e. The molecule has 3 rings (SSSR count). The van der Waals surface area contributed by atoms with E-state index in [1.165, 1.54) is 44.1 Å². The largest absolute Gasteiger partial charge is 0.497 e. The molecule has 0 aromatic heterocycles. The third-order valence-corrected chi connectivity index (χ3v) is 6.32. The molecule has 0 amide bonds. The molecule has 0 bridgehead atoms. The highest BCUT2D eigenvalue weighted by Gasteiger charge is 2.32. The molecule has 0 saturated heterocycles. The van der Waals surface area contributed by atoms with Crippen LogP contribution in [0, 0.1) is 0 Å². The second kappa shape index (κ2) is 7.06. The Hall–Kier alpha value is -0.670. The molecule has 0 unspecified atom stereocenters. The summed E-state index contributed by atoms with van der Waals surface area (Å²) in [6.07, 6.45) is 10.3. The van der Waals surface area contributed by atoms with Crippen molar-refractivity contribution < 1.29 is 4.74 Å². The summed E-state index contributed by atoms with van der Waals surface area (Å²) in [6.45, 7) is 0. The lowest BCUT2D eigenvalue weighted by Gasteiger charge is -2.40. The van der Waals surface area contributed by atoms with Crippen LogP contribution in [0.1, 0.15) is 50.0 Å². The second-order valence-corrected chi connectivity index (χ2v) is 7.66. The molecule has 1 N–H and O–H groups in total. The Kier molecular flexibility index (Phi) is 5.12. The van der Waals surface area contributed by atoms with Crippen LogP contribution in [-0.2, 0) is 0 Å². The zero-order valence-corrected chi connectivity index (χ0v) is 14.0. The first kappa shape index (κ1) is 15.2. The summed E-state index contributed by atoms with van der Waals surface area (Å²) in [4.78, 5) is 0. The van der Waals surface area contributed by atoms with Gasteiger partial charge in [-0.3, -0.25) is 0 Å².